The largest absolute Gasteiger partial charge is 0.310 e. The Morgan fingerprint density at radius 3 is 1.33 bits per heavy atom. The monoisotopic (exact) mass is 647 g/mol. The van der Waals surface area contributed by atoms with E-state index in [1.807, 2.05) is 0 Å². The molecule has 0 unspecified atom stereocenters. The van der Waals surface area contributed by atoms with Gasteiger partial charge in [-0.25, -0.2) is 0 Å². The molecule has 0 aliphatic carbocycles. The minimum Gasteiger partial charge on any atom is -0.310 e. The van der Waals surface area contributed by atoms with Gasteiger partial charge in [0.1, 0.15) is 0 Å². The molecule has 0 radical (unpaired) electrons. The lowest BCUT2D eigenvalue weighted by Crippen LogP contribution is -2.10. The van der Waals surface area contributed by atoms with Gasteiger partial charge in [0.05, 0.1) is 0 Å². The van der Waals surface area contributed by atoms with Crippen LogP contribution in [0.15, 0.2) is 200 Å². The molecular weight excluding hydrogens is 615 g/mol. The normalized spacial score (nSPS) is 11.5. The maximum Gasteiger partial charge on any atom is 0.0468 e. The van der Waals surface area contributed by atoms with Gasteiger partial charge in [-0.2, -0.15) is 0 Å². The van der Waals surface area contributed by atoms with Crippen LogP contribution in [0.4, 0.5) is 17.1 Å². The minimum atomic E-state index is 1.11. The van der Waals surface area contributed by atoms with E-state index in [-0.39, 0.29) is 0 Å². The van der Waals surface area contributed by atoms with Gasteiger partial charge in [-0.1, -0.05) is 164 Å². The lowest BCUT2D eigenvalue weighted by molar-refractivity contribution is 1.30. The zero-order valence-corrected chi connectivity index (χ0v) is 28.0. The summed E-state index contributed by atoms with van der Waals surface area (Å²) in [5, 5.41) is 12.6. The molecule has 0 spiro atoms. The summed E-state index contributed by atoms with van der Waals surface area (Å²) < 4.78 is 0. The molecular formula is C50H33N. The Morgan fingerprint density at radius 1 is 0.216 bits per heavy atom. The van der Waals surface area contributed by atoms with E-state index in [1.54, 1.807) is 0 Å². The molecule has 1 nitrogen and oxygen atoms in total. The summed E-state index contributed by atoms with van der Waals surface area (Å²) in [4.78, 5) is 2.42. The molecule has 0 aliphatic heterocycles. The average molecular weight is 648 g/mol. The second-order valence-electron chi connectivity index (χ2n) is 13.3. The average Bonchev–Trinajstić information content (AvgIpc) is 3.21. The van der Waals surface area contributed by atoms with Crippen LogP contribution in [0.1, 0.15) is 0 Å². The third-order valence-corrected chi connectivity index (χ3v) is 10.4. The molecule has 0 saturated carbocycles. The van der Waals surface area contributed by atoms with Crippen LogP contribution in [-0.2, 0) is 0 Å². The number of hydrogen-bond acceptors (Lipinski definition) is 1. The molecule has 10 aromatic rings. The standard InChI is InChI=1S/C50H33N/c1-2-11-34(12-3-1)35-21-23-36(24-22-35)39-14-10-15-40(31-39)51(41-28-27-38-26-25-37-13-4-5-16-43(37)49(38)32-41)42-29-30-48-46-19-7-6-17-44(46)45-18-8-9-20-47(45)50(48)33-42/h1-33H. The molecule has 0 aromatic heterocycles. The summed E-state index contributed by atoms with van der Waals surface area (Å²) in [5.41, 5.74) is 8.18. The lowest BCUT2D eigenvalue weighted by atomic mass is 9.94. The van der Waals surface area contributed by atoms with Crippen molar-refractivity contribution in [3.63, 3.8) is 0 Å². The molecule has 0 aliphatic rings. The first-order chi connectivity index (χ1) is 25.3. The van der Waals surface area contributed by atoms with Crippen molar-refractivity contribution < 1.29 is 0 Å². The van der Waals surface area contributed by atoms with Crippen LogP contribution >= 0.6 is 0 Å². The topological polar surface area (TPSA) is 3.24 Å². The molecule has 51 heavy (non-hydrogen) atoms. The van der Waals surface area contributed by atoms with E-state index in [4.69, 9.17) is 0 Å². The number of hydrogen-bond donors (Lipinski definition) is 0. The van der Waals surface area contributed by atoms with Crippen molar-refractivity contribution in [1.82, 2.24) is 0 Å². The molecule has 0 bridgehead atoms. The summed E-state index contributed by atoms with van der Waals surface area (Å²) in [5.74, 6) is 0. The zero-order chi connectivity index (χ0) is 33.7. The molecule has 1 heteroatoms. The summed E-state index contributed by atoms with van der Waals surface area (Å²) in [6.45, 7) is 0. The van der Waals surface area contributed by atoms with Gasteiger partial charge in [-0.3, -0.25) is 0 Å². The Balaban J connectivity index is 1.18. The fourth-order valence-corrected chi connectivity index (χ4v) is 7.92. The van der Waals surface area contributed by atoms with Crippen LogP contribution in [-0.4, -0.2) is 0 Å². The number of fused-ring (bicyclic) bond motifs is 9. The van der Waals surface area contributed by atoms with E-state index in [1.165, 1.54) is 76.1 Å². The van der Waals surface area contributed by atoms with Crippen molar-refractivity contribution in [1.29, 1.82) is 0 Å². The SMILES string of the molecule is c1ccc(-c2ccc(-c3cccc(N(c4ccc5ccc6ccccc6c5c4)c4ccc5c6ccccc6c6ccccc6c5c4)c3)cc2)cc1. The highest BCUT2D eigenvalue weighted by atomic mass is 15.1. The molecule has 10 rings (SSSR count). The summed E-state index contributed by atoms with van der Waals surface area (Å²) in [6, 6.07) is 73.1. The third-order valence-electron chi connectivity index (χ3n) is 10.4. The Morgan fingerprint density at radius 2 is 0.647 bits per heavy atom. The van der Waals surface area contributed by atoms with Crippen LogP contribution < -0.4 is 4.90 Å². The van der Waals surface area contributed by atoms with Gasteiger partial charge in [0.15, 0.2) is 0 Å². The molecule has 0 heterocycles. The highest BCUT2D eigenvalue weighted by Crippen LogP contribution is 2.43. The van der Waals surface area contributed by atoms with E-state index in [2.05, 4.69) is 205 Å². The number of nitrogens with zero attached hydrogens (tertiary/aromatic N) is 1. The van der Waals surface area contributed by atoms with Gasteiger partial charge < -0.3 is 4.90 Å². The summed E-state index contributed by atoms with van der Waals surface area (Å²) >= 11 is 0. The second-order valence-corrected chi connectivity index (χ2v) is 13.3. The van der Waals surface area contributed by atoms with Crippen molar-refractivity contribution in [2.45, 2.75) is 0 Å². The molecule has 0 saturated heterocycles. The first kappa shape index (κ1) is 29.2. The van der Waals surface area contributed by atoms with Crippen LogP contribution in [0.3, 0.4) is 0 Å². The van der Waals surface area contributed by atoms with E-state index in [0.29, 0.717) is 0 Å². The van der Waals surface area contributed by atoms with E-state index in [9.17, 15) is 0 Å². The van der Waals surface area contributed by atoms with Gasteiger partial charge in [-0.15, -0.1) is 0 Å². The van der Waals surface area contributed by atoms with E-state index in [0.717, 1.165) is 17.1 Å². The molecule has 0 fully saturated rings. The molecule has 0 atom stereocenters. The Bertz CT molecular complexity index is 2870. The van der Waals surface area contributed by atoms with Gasteiger partial charge in [0.25, 0.3) is 0 Å². The highest BCUT2D eigenvalue weighted by Gasteiger charge is 2.17. The van der Waals surface area contributed by atoms with Crippen LogP contribution in [0.25, 0.3) is 76.1 Å². The van der Waals surface area contributed by atoms with Crippen molar-refractivity contribution in [3.05, 3.63) is 200 Å². The Labute approximate surface area is 297 Å². The number of anilines is 3. The first-order valence-corrected chi connectivity index (χ1v) is 17.6. The molecule has 0 N–H and O–H groups in total. The summed E-state index contributed by atoms with van der Waals surface area (Å²) in [6.07, 6.45) is 0. The van der Waals surface area contributed by atoms with Crippen molar-refractivity contribution in [2.24, 2.45) is 0 Å². The van der Waals surface area contributed by atoms with Gasteiger partial charge in [-0.05, 0) is 113 Å². The van der Waals surface area contributed by atoms with Crippen LogP contribution in [0.5, 0.6) is 0 Å². The van der Waals surface area contributed by atoms with Crippen LogP contribution in [0.2, 0.25) is 0 Å². The zero-order valence-electron chi connectivity index (χ0n) is 28.0. The quantitative estimate of drug-likeness (QED) is 0.168. The number of benzene rings is 10. The smallest absolute Gasteiger partial charge is 0.0468 e. The number of rotatable bonds is 5. The van der Waals surface area contributed by atoms with Crippen LogP contribution in [0, 0.1) is 0 Å². The maximum atomic E-state index is 2.42. The second kappa shape index (κ2) is 12.0. The van der Waals surface area contributed by atoms with Gasteiger partial charge in [0.2, 0.25) is 0 Å². The van der Waals surface area contributed by atoms with Crippen molar-refractivity contribution >= 4 is 70.9 Å². The van der Waals surface area contributed by atoms with Crippen molar-refractivity contribution in [2.75, 3.05) is 4.90 Å². The first-order valence-electron chi connectivity index (χ1n) is 17.6. The summed E-state index contributed by atoms with van der Waals surface area (Å²) in [7, 11) is 0. The van der Waals surface area contributed by atoms with E-state index >= 15 is 0 Å². The Kier molecular flexibility index (Phi) is 6.89. The molecule has 0 amide bonds. The molecule has 238 valence electrons. The third kappa shape index (κ3) is 5.02. The van der Waals surface area contributed by atoms with E-state index < -0.39 is 0 Å². The Hall–Kier alpha value is -6.70. The van der Waals surface area contributed by atoms with Gasteiger partial charge >= 0.3 is 0 Å². The fourth-order valence-electron chi connectivity index (χ4n) is 7.92. The van der Waals surface area contributed by atoms with Gasteiger partial charge in [0, 0.05) is 17.1 Å². The maximum absolute atomic E-state index is 2.42. The van der Waals surface area contributed by atoms with Crippen molar-refractivity contribution in [3.8, 4) is 22.3 Å². The predicted octanol–water partition coefficient (Wildman–Crippen LogP) is 14.3. The highest BCUT2D eigenvalue weighted by molar-refractivity contribution is 6.25. The fraction of sp³-hybridized carbons (Fsp3) is 0. The predicted molar refractivity (Wildman–Crippen MR) is 220 cm³/mol. The minimum absolute atomic E-state index is 1.11. The lowest BCUT2D eigenvalue weighted by Gasteiger charge is -2.27. The molecule has 10 aromatic carbocycles.